The monoisotopic (exact) mass is 455 g/mol. The van der Waals surface area contributed by atoms with Gasteiger partial charge in [-0.15, -0.1) is 0 Å². The number of benzene rings is 1. The molecule has 1 aliphatic rings. The number of hydrogen-bond acceptors (Lipinski definition) is 7. The normalized spacial score (nSPS) is 14.0. The number of rotatable bonds is 6. The van der Waals surface area contributed by atoms with E-state index in [2.05, 4.69) is 4.98 Å². The second-order valence-electron chi connectivity index (χ2n) is 7.90. The van der Waals surface area contributed by atoms with Gasteiger partial charge in [0.25, 0.3) is 0 Å². The molecule has 3 aromatic rings. The highest BCUT2D eigenvalue weighted by Crippen LogP contribution is 2.40. The van der Waals surface area contributed by atoms with Crippen LogP contribution < -0.4 is 14.5 Å². The molecule has 0 saturated heterocycles. The van der Waals surface area contributed by atoms with Gasteiger partial charge in [-0.05, 0) is 37.0 Å². The van der Waals surface area contributed by atoms with Crippen molar-refractivity contribution >= 4 is 36.3 Å². The van der Waals surface area contributed by atoms with Crippen LogP contribution in [0, 0.1) is 6.92 Å². The molecule has 4 rings (SSSR count). The largest absolute Gasteiger partial charge is 0.794 e. The van der Waals surface area contributed by atoms with E-state index in [4.69, 9.17) is 4.42 Å². The maximum absolute atomic E-state index is 12.7. The molecular weight excluding hydrogens is 433 g/mol. The number of anilines is 1. The molecule has 0 bridgehead atoms. The summed E-state index contributed by atoms with van der Waals surface area (Å²) in [6.07, 6.45) is 2.23. The van der Waals surface area contributed by atoms with Crippen LogP contribution in [0.15, 0.2) is 40.9 Å². The Hall–Kier alpha value is -3.00. The molecule has 0 spiro atoms. The zero-order valence-corrected chi connectivity index (χ0v) is 18.6. The fourth-order valence-electron chi connectivity index (χ4n) is 3.90. The summed E-state index contributed by atoms with van der Waals surface area (Å²) in [6.45, 7) is 2.32. The van der Waals surface area contributed by atoms with Crippen LogP contribution in [0.2, 0.25) is 0 Å². The molecule has 168 valence electrons. The van der Waals surface area contributed by atoms with Crippen LogP contribution in [0.25, 0.3) is 11.0 Å². The van der Waals surface area contributed by atoms with Crippen molar-refractivity contribution in [3.63, 3.8) is 0 Å². The Bertz CT molecular complexity index is 1250. The standard InChI is InChI=1S/C22H24N3O6P/c1-14-17-5-3-4-6-18(17)31-19(14)13-24(2)20(26)9-7-15-11-16-8-10-21(27)25(32(28,29)30)22(16)23-12-15/h3-6,11-12H,7-10,13H2,1-2H3,(H2,28,29,30)/p-2. The van der Waals surface area contributed by atoms with Gasteiger partial charge in [-0.2, -0.15) is 0 Å². The quantitative estimate of drug-likeness (QED) is 0.519. The van der Waals surface area contributed by atoms with E-state index in [1.54, 1.807) is 18.0 Å². The lowest BCUT2D eigenvalue weighted by atomic mass is 10.0. The third-order valence-corrected chi connectivity index (χ3v) is 6.57. The third kappa shape index (κ3) is 4.32. The summed E-state index contributed by atoms with van der Waals surface area (Å²) in [5, 5.41) is 1.02. The summed E-state index contributed by atoms with van der Waals surface area (Å²) in [5.74, 6) is -0.254. The maximum Gasteiger partial charge on any atom is 0.232 e. The predicted octanol–water partition coefficient (Wildman–Crippen LogP) is 1.84. The summed E-state index contributed by atoms with van der Waals surface area (Å²) < 4.78 is 17.6. The second kappa shape index (κ2) is 8.50. The van der Waals surface area contributed by atoms with E-state index in [-0.39, 0.29) is 29.2 Å². The Morgan fingerprint density at radius 2 is 2.03 bits per heavy atom. The van der Waals surface area contributed by atoms with E-state index >= 15 is 0 Å². The van der Waals surface area contributed by atoms with Crippen LogP contribution in [0.3, 0.4) is 0 Å². The molecule has 1 aromatic carbocycles. The number of amides is 2. The van der Waals surface area contributed by atoms with E-state index in [1.807, 2.05) is 31.2 Å². The molecule has 2 aromatic heterocycles. The molecule has 0 radical (unpaired) electrons. The molecule has 3 heterocycles. The number of carbonyl (C=O) groups excluding carboxylic acids is 2. The Morgan fingerprint density at radius 3 is 2.75 bits per heavy atom. The SMILES string of the molecule is Cc1c(CN(C)C(=O)CCc2cnc3c(c2)CCC(=O)N3P(=O)([O-])[O-])oc2ccccc12. The fourth-order valence-corrected chi connectivity index (χ4v) is 4.69. The number of fused-ring (bicyclic) bond motifs is 2. The van der Waals surface area contributed by atoms with Crippen molar-refractivity contribution in [1.29, 1.82) is 0 Å². The number of carbonyl (C=O) groups is 2. The number of aromatic nitrogens is 1. The van der Waals surface area contributed by atoms with Crippen molar-refractivity contribution < 1.29 is 28.4 Å². The molecule has 0 N–H and O–H groups in total. The Labute approximate surface area is 184 Å². The molecule has 10 heteroatoms. The number of pyridine rings is 1. The van der Waals surface area contributed by atoms with Crippen molar-refractivity contribution in [2.45, 2.75) is 39.2 Å². The van der Waals surface area contributed by atoms with Crippen molar-refractivity contribution in [3.8, 4) is 0 Å². The summed E-state index contributed by atoms with van der Waals surface area (Å²) in [6, 6.07) is 9.42. The first-order valence-electron chi connectivity index (χ1n) is 10.2. The van der Waals surface area contributed by atoms with Gasteiger partial charge < -0.3 is 23.7 Å². The topological polar surface area (TPSA) is 130 Å². The molecule has 0 aliphatic carbocycles. The van der Waals surface area contributed by atoms with Gasteiger partial charge in [0, 0.05) is 44.8 Å². The van der Waals surface area contributed by atoms with Crippen LogP contribution in [0.4, 0.5) is 5.82 Å². The first kappa shape index (κ1) is 22.2. The molecule has 0 unspecified atom stereocenters. The molecule has 9 nitrogen and oxygen atoms in total. The van der Waals surface area contributed by atoms with Gasteiger partial charge in [0.05, 0.1) is 6.54 Å². The minimum absolute atomic E-state index is 0.0783. The minimum Gasteiger partial charge on any atom is -0.794 e. The average Bonchev–Trinajstić information content (AvgIpc) is 3.06. The molecule has 0 saturated carbocycles. The van der Waals surface area contributed by atoms with Crippen molar-refractivity contribution in [3.05, 3.63) is 59.0 Å². The summed E-state index contributed by atoms with van der Waals surface area (Å²) in [5.41, 5.74) is 3.03. The lowest BCUT2D eigenvalue weighted by molar-refractivity contribution is -0.313. The maximum atomic E-state index is 12.7. The first-order valence-corrected chi connectivity index (χ1v) is 11.7. The number of aryl methyl sites for hydroxylation is 3. The average molecular weight is 455 g/mol. The number of nitrogens with zero attached hydrogens (tertiary/aromatic N) is 3. The Morgan fingerprint density at radius 1 is 1.28 bits per heavy atom. The van der Waals surface area contributed by atoms with Gasteiger partial charge in [-0.25, -0.2) is 4.98 Å². The van der Waals surface area contributed by atoms with Crippen LogP contribution in [-0.4, -0.2) is 28.7 Å². The van der Waals surface area contributed by atoms with Gasteiger partial charge in [0.1, 0.15) is 17.2 Å². The van der Waals surface area contributed by atoms with Crippen molar-refractivity contribution in [2.24, 2.45) is 0 Å². The number of furan rings is 1. The summed E-state index contributed by atoms with van der Waals surface area (Å²) >= 11 is 0. The Balaban J connectivity index is 1.42. The lowest BCUT2D eigenvalue weighted by Gasteiger charge is -2.43. The predicted molar refractivity (Wildman–Crippen MR) is 113 cm³/mol. The molecular formula is C22H22N3O6P-2. The first-order chi connectivity index (χ1) is 15.1. The second-order valence-corrected chi connectivity index (χ2v) is 9.23. The zero-order valence-electron chi connectivity index (χ0n) is 17.7. The molecule has 0 fully saturated rings. The molecule has 0 atom stereocenters. The van der Waals surface area contributed by atoms with Gasteiger partial charge in [0.15, 0.2) is 0 Å². The van der Waals surface area contributed by atoms with Crippen LogP contribution in [-0.2, 0) is 33.5 Å². The van der Waals surface area contributed by atoms with E-state index in [1.165, 1.54) is 6.20 Å². The summed E-state index contributed by atoms with van der Waals surface area (Å²) in [4.78, 5) is 53.0. The zero-order chi connectivity index (χ0) is 23.0. The van der Waals surface area contributed by atoms with E-state index in [9.17, 15) is 23.9 Å². The number of para-hydroxylation sites is 1. The highest BCUT2D eigenvalue weighted by molar-refractivity contribution is 7.52. The Kier molecular flexibility index (Phi) is 5.90. The highest BCUT2D eigenvalue weighted by atomic mass is 31.2. The van der Waals surface area contributed by atoms with E-state index in [0.717, 1.165) is 27.9 Å². The van der Waals surface area contributed by atoms with Crippen molar-refractivity contribution in [2.75, 3.05) is 11.7 Å². The smallest absolute Gasteiger partial charge is 0.232 e. The van der Waals surface area contributed by atoms with Gasteiger partial charge in [-0.1, -0.05) is 24.3 Å². The van der Waals surface area contributed by atoms with Gasteiger partial charge in [0.2, 0.25) is 11.8 Å². The van der Waals surface area contributed by atoms with E-state index < -0.39 is 13.7 Å². The highest BCUT2D eigenvalue weighted by Gasteiger charge is 2.28. The fraction of sp³-hybridized carbons (Fsp3) is 0.318. The van der Waals surface area contributed by atoms with Gasteiger partial charge >= 0.3 is 0 Å². The lowest BCUT2D eigenvalue weighted by Crippen LogP contribution is -2.41. The molecule has 32 heavy (non-hydrogen) atoms. The number of hydrogen-bond donors (Lipinski definition) is 0. The van der Waals surface area contributed by atoms with Crippen LogP contribution in [0.5, 0.6) is 0 Å². The van der Waals surface area contributed by atoms with Crippen LogP contribution >= 0.6 is 7.75 Å². The van der Waals surface area contributed by atoms with Crippen molar-refractivity contribution in [1.82, 2.24) is 9.88 Å². The minimum atomic E-state index is -5.29. The summed E-state index contributed by atoms with van der Waals surface area (Å²) in [7, 11) is -3.57. The molecule has 1 aliphatic heterocycles. The van der Waals surface area contributed by atoms with Gasteiger partial charge in [-0.3, -0.25) is 14.3 Å². The third-order valence-electron chi connectivity index (χ3n) is 5.67. The molecule has 2 amide bonds. The van der Waals surface area contributed by atoms with E-state index in [0.29, 0.717) is 24.9 Å². The van der Waals surface area contributed by atoms with Crippen LogP contribution in [0.1, 0.15) is 35.3 Å².